The van der Waals surface area contributed by atoms with Gasteiger partial charge >= 0.3 is 11.7 Å². The number of hydrogen-bond acceptors (Lipinski definition) is 9. The first kappa shape index (κ1) is 19.2. The Morgan fingerprint density at radius 3 is 2.91 bits per heavy atom. The maximum Gasteiger partial charge on any atom is 0.327 e. The minimum Gasteiger partial charge on any atom is -0.493 e. The molecule has 12 heteroatoms. The van der Waals surface area contributed by atoms with Crippen LogP contribution in [0.15, 0.2) is 45.2 Å². The average Bonchev–Trinajstić information content (AvgIpc) is 3.17. The predicted molar refractivity (Wildman–Crippen MR) is 117 cm³/mol. The van der Waals surface area contributed by atoms with Gasteiger partial charge in [-0.05, 0) is 31.1 Å². The predicted octanol–water partition coefficient (Wildman–Crippen LogP) is -0.401. The lowest BCUT2D eigenvalue weighted by Gasteiger charge is -2.07. The molecule has 4 heterocycles. The van der Waals surface area contributed by atoms with Crippen LogP contribution < -0.4 is 26.6 Å². The molecule has 166 valence electrons. The zero-order valence-electron chi connectivity index (χ0n) is 17.3. The fraction of sp³-hybridized carbons (Fsp3) is 0.238. The Morgan fingerprint density at radius 1 is 1.24 bits per heavy atom. The van der Waals surface area contributed by atoms with E-state index in [0.29, 0.717) is 22.2 Å². The van der Waals surface area contributed by atoms with Crippen LogP contribution >= 0.6 is 0 Å². The largest absolute Gasteiger partial charge is 0.493 e. The van der Waals surface area contributed by atoms with Crippen molar-refractivity contribution < 1.29 is 9.84 Å². The maximum atomic E-state index is 11.5. The number of imidazole rings is 1. The molecule has 0 unspecified atom stereocenters. The Labute approximate surface area is 185 Å². The Kier molecular flexibility index (Phi) is 4.42. The van der Waals surface area contributed by atoms with E-state index in [1.54, 1.807) is 12.3 Å². The lowest BCUT2D eigenvalue weighted by Crippen LogP contribution is -2.23. The number of rotatable bonds is 5. The molecule has 3 aromatic heterocycles. The molecular formula is C21H19N9O3. The molecule has 1 aliphatic heterocycles. The Bertz CT molecular complexity index is 1580. The number of amidine groups is 1. The van der Waals surface area contributed by atoms with Gasteiger partial charge in [-0.15, -0.1) is 0 Å². The number of benzene rings is 1. The fourth-order valence-electron chi connectivity index (χ4n) is 3.51. The van der Waals surface area contributed by atoms with Crippen LogP contribution in [-0.4, -0.2) is 59.6 Å². The van der Waals surface area contributed by atoms with Crippen molar-refractivity contribution in [2.75, 3.05) is 13.1 Å². The molecule has 0 amide bonds. The molecule has 1 aromatic carbocycles. The zero-order chi connectivity index (χ0) is 22.4. The van der Waals surface area contributed by atoms with Crippen molar-refractivity contribution in [2.24, 2.45) is 9.98 Å². The van der Waals surface area contributed by atoms with Crippen molar-refractivity contribution in [1.29, 1.82) is 0 Å². The lowest BCUT2D eigenvalue weighted by atomic mass is 10.2. The highest BCUT2D eigenvalue weighted by molar-refractivity contribution is 6.00. The van der Waals surface area contributed by atoms with Crippen LogP contribution in [0.1, 0.15) is 24.1 Å². The van der Waals surface area contributed by atoms with Gasteiger partial charge in [-0.1, -0.05) is 12.1 Å². The van der Waals surface area contributed by atoms with Gasteiger partial charge in [0.25, 0.3) is 5.62 Å². The van der Waals surface area contributed by atoms with E-state index in [2.05, 4.69) is 40.3 Å². The molecular weight excluding hydrogens is 426 g/mol. The molecule has 4 aromatic rings. The molecule has 1 fully saturated rings. The molecule has 1 aliphatic carbocycles. The second kappa shape index (κ2) is 7.58. The monoisotopic (exact) mass is 445 g/mol. The van der Waals surface area contributed by atoms with Gasteiger partial charge in [-0.3, -0.25) is 9.98 Å². The van der Waals surface area contributed by atoms with E-state index in [0.717, 1.165) is 37.3 Å². The summed E-state index contributed by atoms with van der Waals surface area (Å²) in [5.74, 6) is 1.12. The van der Waals surface area contributed by atoms with Gasteiger partial charge in [0, 0.05) is 17.3 Å². The molecule has 1 saturated carbocycles. The van der Waals surface area contributed by atoms with E-state index in [4.69, 9.17) is 4.74 Å². The van der Waals surface area contributed by atoms with Gasteiger partial charge in [0.15, 0.2) is 5.65 Å². The van der Waals surface area contributed by atoms with Crippen LogP contribution in [0.5, 0.6) is 17.6 Å². The Morgan fingerprint density at radius 2 is 2.15 bits per heavy atom. The van der Waals surface area contributed by atoms with Crippen molar-refractivity contribution in [2.45, 2.75) is 18.9 Å². The van der Waals surface area contributed by atoms with Crippen LogP contribution in [0.3, 0.4) is 0 Å². The van der Waals surface area contributed by atoms with Crippen molar-refractivity contribution in [3.63, 3.8) is 0 Å². The fourth-order valence-corrected chi connectivity index (χ4v) is 3.51. The number of nitrogens with one attached hydrogen (secondary N) is 3. The maximum absolute atomic E-state index is 11.5. The number of hydrogen-bond donors (Lipinski definition) is 4. The number of nitrogens with zero attached hydrogens (tertiary/aromatic N) is 6. The molecule has 0 bridgehead atoms. The first-order valence-electron chi connectivity index (χ1n) is 10.5. The van der Waals surface area contributed by atoms with E-state index in [9.17, 15) is 9.90 Å². The number of H-pyrrole nitrogens is 2. The van der Waals surface area contributed by atoms with E-state index >= 15 is 0 Å². The standard InChI is InChI=1S/C21H19N9O3/c31-18-15(26-20(32)28-18)9-12-10-24-30-17(12)27-21(29-19(30)25-13-4-5-13)33-14-3-1-2-11(8-14)16-22-6-7-23-16/h1-3,8-10,13,31H,4-7H2,(H,22,23)(H2,26,28,32)/b12-9-,25-19?. The van der Waals surface area contributed by atoms with Gasteiger partial charge in [0.1, 0.15) is 17.3 Å². The van der Waals surface area contributed by atoms with Crippen LogP contribution in [-0.2, 0) is 0 Å². The number of fused-ring (bicyclic) bond motifs is 1. The SMILES string of the molecule is O=c1[nH]c(O)c(/C=c2/cnn3c(=NC4CC4)nc(Oc4cccc(C5=NCCN5)c4)nc23)[nH]1. The third-order valence-corrected chi connectivity index (χ3v) is 5.23. The molecule has 12 nitrogen and oxygen atoms in total. The summed E-state index contributed by atoms with van der Waals surface area (Å²) in [7, 11) is 0. The summed E-state index contributed by atoms with van der Waals surface area (Å²) in [5.41, 5.74) is 1.42. The first-order chi connectivity index (χ1) is 16.1. The number of ether oxygens (including phenoxy) is 1. The first-order valence-corrected chi connectivity index (χ1v) is 10.5. The molecule has 0 saturated heterocycles. The molecule has 4 N–H and O–H groups in total. The van der Waals surface area contributed by atoms with Gasteiger partial charge in [-0.2, -0.15) is 19.6 Å². The van der Waals surface area contributed by atoms with Crippen LogP contribution in [0, 0.1) is 0 Å². The second-order valence-electron chi connectivity index (χ2n) is 7.77. The number of aromatic amines is 2. The van der Waals surface area contributed by atoms with Crippen LogP contribution in [0.4, 0.5) is 0 Å². The van der Waals surface area contributed by atoms with E-state index < -0.39 is 5.69 Å². The van der Waals surface area contributed by atoms with E-state index in [1.807, 2.05) is 24.3 Å². The van der Waals surface area contributed by atoms with Crippen LogP contribution in [0.2, 0.25) is 0 Å². The molecule has 2 aliphatic rings. The zero-order valence-corrected chi connectivity index (χ0v) is 17.3. The summed E-state index contributed by atoms with van der Waals surface area (Å²) >= 11 is 0. The Hall–Kier alpha value is -4.48. The van der Waals surface area contributed by atoms with Crippen LogP contribution in [0.25, 0.3) is 11.7 Å². The topological polar surface area (TPSA) is 158 Å². The highest BCUT2D eigenvalue weighted by Crippen LogP contribution is 2.23. The van der Waals surface area contributed by atoms with Crippen molar-refractivity contribution in [3.05, 3.63) is 63.0 Å². The normalized spacial score (nSPS) is 16.9. The Balaban J connectivity index is 1.45. The van der Waals surface area contributed by atoms with E-state index in [1.165, 1.54) is 4.52 Å². The molecule has 0 radical (unpaired) electrons. The minimum atomic E-state index is -0.514. The molecule has 33 heavy (non-hydrogen) atoms. The van der Waals surface area contributed by atoms with E-state index in [-0.39, 0.29) is 23.6 Å². The third-order valence-electron chi connectivity index (χ3n) is 5.23. The smallest absolute Gasteiger partial charge is 0.327 e. The average molecular weight is 445 g/mol. The molecule has 0 spiro atoms. The highest BCUT2D eigenvalue weighted by Gasteiger charge is 2.21. The van der Waals surface area contributed by atoms with Gasteiger partial charge in [0.05, 0.1) is 18.8 Å². The summed E-state index contributed by atoms with van der Waals surface area (Å²) in [6, 6.07) is 7.83. The molecule has 0 atom stereocenters. The number of aliphatic imine (C=N–C) groups is 1. The summed E-state index contributed by atoms with van der Waals surface area (Å²) < 4.78 is 7.52. The van der Waals surface area contributed by atoms with Crippen molar-refractivity contribution in [3.8, 4) is 17.6 Å². The lowest BCUT2D eigenvalue weighted by molar-refractivity contribution is 0.435. The van der Waals surface area contributed by atoms with Gasteiger partial charge in [-0.25, -0.2) is 9.79 Å². The summed E-state index contributed by atoms with van der Waals surface area (Å²) in [4.78, 5) is 34.4. The molecule has 6 rings (SSSR count). The summed E-state index contributed by atoms with van der Waals surface area (Å²) in [6.07, 6.45) is 5.13. The summed E-state index contributed by atoms with van der Waals surface area (Å²) in [6.45, 7) is 1.56. The quantitative estimate of drug-likeness (QED) is 0.325. The van der Waals surface area contributed by atoms with Crippen molar-refractivity contribution in [1.82, 2.24) is 34.9 Å². The van der Waals surface area contributed by atoms with Gasteiger partial charge < -0.3 is 20.1 Å². The highest BCUT2D eigenvalue weighted by atomic mass is 16.5. The van der Waals surface area contributed by atoms with Gasteiger partial charge in [0.2, 0.25) is 5.88 Å². The number of aromatic hydroxyl groups is 1. The number of aromatic nitrogens is 6. The van der Waals surface area contributed by atoms with Crippen molar-refractivity contribution >= 4 is 17.6 Å². The second-order valence-corrected chi connectivity index (χ2v) is 7.77. The third kappa shape index (κ3) is 3.82. The minimum absolute atomic E-state index is 0.113. The summed E-state index contributed by atoms with van der Waals surface area (Å²) in [5, 5.41) is 18.1.